The smallest absolute Gasteiger partial charge is 0.0798 e. The van der Waals surface area contributed by atoms with Crippen molar-refractivity contribution in [1.82, 2.24) is 0 Å². The maximum Gasteiger partial charge on any atom is 0.0798 e. The first kappa shape index (κ1) is 6.39. The highest BCUT2D eigenvalue weighted by molar-refractivity contribution is 7.21. The fraction of sp³-hybridized carbons (Fsp3) is 1.00. The molecule has 0 spiro atoms. The Kier molecular flexibility index (Phi) is 2.03. The van der Waals surface area contributed by atoms with Crippen LogP contribution in [0.1, 0.15) is 0 Å². The first-order valence-electron chi connectivity index (χ1n) is 2.26. The zero-order valence-electron chi connectivity index (χ0n) is 4.78. The molecule has 0 saturated carbocycles. The second kappa shape index (κ2) is 1.90. The lowest BCUT2D eigenvalue weighted by Crippen LogP contribution is -2.36. The predicted molar refractivity (Wildman–Crippen MR) is 36.1 cm³/mol. The summed E-state index contributed by atoms with van der Waals surface area (Å²) in [6.07, 6.45) is 0. The summed E-state index contributed by atoms with van der Waals surface area (Å²) in [5.41, 5.74) is 0. The molecule has 0 fully saturated rings. The molecular formula is C3H13NSi2. The lowest BCUT2D eigenvalue weighted by Gasteiger charge is -2.08. The molecule has 0 bridgehead atoms. The summed E-state index contributed by atoms with van der Waals surface area (Å²) >= 11 is 0. The number of nitrogens with two attached hydrogens (primary N) is 1. The normalized spacial score (nSPS) is 14.0. The number of rotatable bonds is 1. The van der Waals surface area contributed by atoms with Crippen molar-refractivity contribution in [2.45, 2.75) is 19.6 Å². The lowest BCUT2D eigenvalue weighted by molar-refractivity contribution is 1.81. The molecule has 0 rings (SSSR count). The van der Waals surface area contributed by atoms with Gasteiger partial charge in [-0.2, -0.15) is 0 Å². The van der Waals surface area contributed by atoms with Crippen molar-refractivity contribution in [3.8, 4) is 0 Å². The summed E-state index contributed by atoms with van der Waals surface area (Å²) in [5, 5.41) is 5.51. The Bertz CT molecular complexity index is 38.5. The number of hydrogen-bond donors (Lipinski definition) is 1. The van der Waals surface area contributed by atoms with Crippen LogP contribution in [0.5, 0.6) is 0 Å². The minimum atomic E-state index is -0.715. The van der Waals surface area contributed by atoms with E-state index in [4.69, 9.17) is 5.40 Å². The van der Waals surface area contributed by atoms with Crippen molar-refractivity contribution < 1.29 is 0 Å². The average molecular weight is 119 g/mol. The first-order chi connectivity index (χ1) is 2.56. The quantitative estimate of drug-likeness (QED) is 0.478. The number of hydrogen-bond acceptors (Lipinski definition) is 1. The molecule has 38 valence electrons. The fourth-order valence-corrected chi connectivity index (χ4v) is 0. The molecule has 0 radical (unpaired) electrons. The standard InChI is InChI=1S/C3H13NSi2/c1-6(2,3)5-4/h4-5H2,1-3H3. The molecule has 0 amide bonds. The van der Waals surface area contributed by atoms with E-state index in [0.29, 0.717) is 0 Å². The van der Waals surface area contributed by atoms with E-state index in [0.717, 1.165) is 0 Å². The van der Waals surface area contributed by atoms with E-state index in [9.17, 15) is 0 Å². The van der Waals surface area contributed by atoms with Gasteiger partial charge in [0.1, 0.15) is 0 Å². The van der Waals surface area contributed by atoms with Gasteiger partial charge in [-0.3, -0.25) is 0 Å². The summed E-state index contributed by atoms with van der Waals surface area (Å²) in [6.45, 7) is 6.96. The van der Waals surface area contributed by atoms with Gasteiger partial charge < -0.3 is 5.40 Å². The highest BCUT2D eigenvalue weighted by Crippen LogP contribution is 1.91. The van der Waals surface area contributed by atoms with Crippen molar-refractivity contribution in [1.29, 1.82) is 0 Å². The van der Waals surface area contributed by atoms with Crippen molar-refractivity contribution in [3.63, 3.8) is 0 Å². The predicted octanol–water partition coefficient (Wildman–Crippen LogP) is -0.136. The van der Waals surface area contributed by atoms with Crippen molar-refractivity contribution in [2.24, 2.45) is 5.40 Å². The molecule has 0 heterocycles. The Labute approximate surface area is 42.6 Å². The maximum absolute atomic E-state index is 5.51. The molecule has 0 aliphatic rings. The third-order valence-electron chi connectivity index (χ3n) is 0.612. The van der Waals surface area contributed by atoms with E-state index in [2.05, 4.69) is 19.6 Å². The van der Waals surface area contributed by atoms with E-state index in [-0.39, 0.29) is 9.20 Å². The highest BCUT2D eigenvalue weighted by Gasteiger charge is 2.08. The molecule has 2 N–H and O–H groups in total. The van der Waals surface area contributed by atoms with Crippen LogP contribution < -0.4 is 5.40 Å². The van der Waals surface area contributed by atoms with Crippen LogP contribution in [0.2, 0.25) is 19.6 Å². The molecule has 0 unspecified atom stereocenters. The molecule has 6 heavy (non-hydrogen) atoms. The Morgan fingerprint density at radius 1 is 1.33 bits per heavy atom. The second-order valence-corrected chi connectivity index (χ2v) is 15.9. The van der Waals surface area contributed by atoms with Crippen molar-refractivity contribution in [2.75, 3.05) is 0 Å². The van der Waals surface area contributed by atoms with Gasteiger partial charge in [-0.15, -0.1) is 0 Å². The molecule has 0 aromatic carbocycles. The summed E-state index contributed by atoms with van der Waals surface area (Å²) in [5.74, 6) is 0. The Morgan fingerprint density at radius 3 is 1.50 bits per heavy atom. The van der Waals surface area contributed by atoms with E-state index in [1.54, 1.807) is 0 Å². The minimum Gasteiger partial charge on any atom is -0.357 e. The van der Waals surface area contributed by atoms with Gasteiger partial charge in [0.25, 0.3) is 0 Å². The van der Waals surface area contributed by atoms with Crippen LogP contribution in [0.3, 0.4) is 0 Å². The van der Waals surface area contributed by atoms with E-state index in [1.807, 2.05) is 0 Å². The summed E-state index contributed by atoms with van der Waals surface area (Å²) in [6, 6.07) is 0. The van der Waals surface area contributed by atoms with Crippen LogP contribution in [0.4, 0.5) is 0 Å². The largest absolute Gasteiger partial charge is 0.357 e. The van der Waals surface area contributed by atoms with Crippen LogP contribution in [-0.4, -0.2) is 16.8 Å². The van der Waals surface area contributed by atoms with Crippen LogP contribution in [-0.2, 0) is 0 Å². The molecule has 0 saturated heterocycles. The van der Waals surface area contributed by atoms with Gasteiger partial charge in [-0.25, -0.2) is 0 Å². The van der Waals surface area contributed by atoms with Gasteiger partial charge >= 0.3 is 0 Å². The molecule has 3 heteroatoms. The fourth-order valence-electron chi connectivity index (χ4n) is 0. The van der Waals surface area contributed by atoms with Gasteiger partial charge in [0.05, 0.1) is 9.20 Å². The second-order valence-electron chi connectivity index (χ2n) is 2.76. The Morgan fingerprint density at radius 2 is 1.50 bits per heavy atom. The van der Waals surface area contributed by atoms with Crippen molar-refractivity contribution >= 4 is 16.8 Å². The first-order valence-corrected chi connectivity index (χ1v) is 8.91. The monoisotopic (exact) mass is 119 g/mol. The summed E-state index contributed by atoms with van der Waals surface area (Å²) < 4.78 is 0. The zero-order valence-corrected chi connectivity index (χ0v) is 7.20. The van der Waals surface area contributed by atoms with Gasteiger partial charge in [0, 0.05) is 7.59 Å². The SMILES string of the molecule is C[Si](C)(C)[SiH2]N. The molecule has 0 aliphatic heterocycles. The van der Waals surface area contributed by atoms with Crippen LogP contribution in [0.25, 0.3) is 0 Å². The molecule has 1 nitrogen and oxygen atoms in total. The molecule has 0 aromatic rings. The van der Waals surface area contributed by atoms with Crippen LogP contribution in [0, 0.1) is 0 Å². The Hall–Kier alpha value is 0.394. The zero-order chi connectivity index (χ0) is 5.21. The Balaban J connectivity index is 3.17. The van der Waals surface area contributed by atoms with Gasteiger partial charge in [-0.05, 0) is 0 Å². The van der Waals surface area contributed by atoms with Gasteiger partial charge in [0.2, 0.25) is 0 Å². The lowest BCUT2D eigenvalue weighted by atomic mass is 11.8. The maximum atomic E-state index is 5.51. The summed E-state index contributed by atoms with van der Waals surface area (Å²) in [7, 11) is -0.823. The van der Waals surface area contributed by atoms with E-state index >= 15 is 0 Å². The topological polar surface area (TPSA) is 26.0 Å². The van der Waals surface area contributed by atoms with Gasteiger partial charge in [0.15, 0.2) is 0 Å². The molecular weight excluding hydrogens is 106 g/mol. The molecule has 0 aliphatic carbocycles. The average Bonchev–Trinajstić information content (AvgIpc) is 1.35. The van der Waals surface area contributed by atoms with E-state index < -0.39 is 7.59 Å². The minimum absolute atomic E-state index is 0.109. The third-order valence-corrected chi connectivity index (χ3v) is 5.51. The van der Waals surface area contributed by atoms with Crippen LogP contribution >= 0.6 is 0 Å². The van der Waals surface area contributed by atoms with Crippen molar-refractivity contribution in [3.05, 3.63) is 0 Å². The summed E-state index contributed by atoms with van der Waals surface area (Å²) in [4.78, 5) is 0. The highest BCUT2D eigenvalue weighted by atomic mass is 29.2. The third kappa shape index (κ3) is 4.39. The van der Waals surface area contributed by atoms with Gasteiger partial charge in [-0.1, -0.05) is 19.6 Å². The molecule has 0 atom stereocenters. The molecule has 0 aromatic heterocycles. The van der Waals surface area contributed by atoms with E-state index in [1.165, 1.54) is 0 Å². The van der Waals surface area contributed by atoms with Crippen LogP contribution in [0.15, 0.2) is 0 Å².